The standard InChI is InChI=1S/C11H9BrClNO3/c12-7-2-1-3-8-9(7)10(16)11(17)14(8)5-6(15)4-13/h1-3,6,15H,4-5H2. The Bertz CT molecular complexity index is 492. The van der Waals surface area contributed by atoms with E-state index in [0.717, 1.165) is 0 Å². The maximum absolute atomic E-state index is 11.8. The SMILES string of the molecule is O=C1C(=O)N(CC(O)CCl)c2cccc(Br)c21. The van der Waals surface area contributed by atoms with E-state index < -0.39 is 17.8 Å². The molecule has 0 aromatic heterocycles. The van der Waals surface area contributed by atoms with Crippen molar-refractivity contribution in [2.24, 2.45) is 0 Å². The molecule has 0 saturated carbocycles. The molecule has 17 heavy (non-hydrogen) atoms. The number of hydrogen-bond donors (Lipinski definition) is 1. The Balaban J connectivity index is 2.42. The van der Waals surface area contributed by atoms with Crippen LogP contribution in [0.5, 0.6) is 0 Å². The lowest BCUT2D eigenvalue weighted by molar-refractivity contribution is -0.114. The van der Waals surface area contributed by atoms with Crippen molar-refractivity contribution in [3.05, 3.63) is 28.2 Å². The zero-order valence-corrected chi connectivity index (χ0v) is 11.0. The molecule has 1 heterocycles. The van der Waals surface area contributed by atoms with Crippen LogP contribution < -0.4 is 4.90 Å². The number of fused-ring (bicyclic) bond motifs is 1. The minimum atomic E-state index is -0.849. The fraction of sp³-hybridized carbons (Fsp3) is 0.273. The summed E-state index contributed by atoms with van der Waals surface area (Å²) in [6.45, 7) is 0.0253. The van der Waals surface area contributed by atoms with Crippen LogP contribution in [0.3, 0.4) is 0 Å². The summed E-state index contributed by atoms with van der Waals surface area (Å²) in [5, 5.41) is 9.47. The van der Waals surface area contributed by atoms with Gasteiger partial charge in [0.05, 0.1) is 29.8 Å². The highest BCUT2D eigenvalue weighted by atomic mass is 79.9. The van der Waals surface area contributed by atoms with E-state index >= 15 is 0 Å². The highest BCUT2D eigenvalue weighted by molar-refractivity contribution is 9.10. The van der Waals surface area contributed by atoms with Crippen LogP contribution in [0.4, 0.5) is 5.69 Å². The van der Waals surface area contributed by atoms with Gasteiger partial charge in [-0.3, -0.25) is 9.59 Å². The largest absolute Gasteiger partial charge is 0.390 e. The van der Waals surface area contributed by atoms with Crippen molar-refractivity contribution in [1.82, 2.24) is 0 Å². The van der Waals surface area contributed by atoms with E-state index in [1.807, 2.05) is 0 Å². The number of rotatable bonds is 3. The minimum absolute atomic E-state index is 0.0152. The van der Waals surface area contributed by atoms with Crippen LogP contribution in [-0.4, -0.2) is 35.3 Å². The molecule has 1 aromatic carbocycles. The van der Waals surface area contributed by atoms with Crippen molar-refractivity contribution in [1.29, 1.82) is 0 Å². The maximum atomic E-state index is 11.8. The van der Waals surface area contributed by atoms with Gasteiger partial charge in [-0.15, -0.1) is 11.6 Å². The average Bonchev–Trinajstić information content (AvgIpc) is 2.55. The molecule has 0 bridgehead atoms. The second-order valence-electron chi connectivity index (χ2n) is 3.69. The third-order valence-corrected chi connectivity index (χ3v) is 3.54. The van der Waals surface area contributed by atoms with E-state index in [9.17, 15) is 14.7 Å². The molecule has 1 aromatic rings. The van der Waals surface area contributed by atoms with Crippen LogP contribution in [0, 0.1) is 0 Å². The summed E-state index contributed by atoms with van der Waals surface area (Å²) in [5.41, 5.74) is 0.859. The van der Waals surface area contributed by atoms with Crippen molar-refractivity contribution in [2.75, 3.05) is 17.3 Å². The van der Waals surface area contributed by atoms with Gasteiger partial charge in [-0.05, 0) is 28.1 Å². The molecule has 1 atom stereocenters. The highest BCUT2D eigenvalue weighted by Gasteiger charge is 2.37. The second-order valence-corrected chi connectivity index (χ2v) is 4.85. The molecule has 0 spiro atoms. The topological polar surface area (TPSA) is 57.6 Å². The molecule has 6 heteroatoms. The molecule has 4 nitrogen and oxygen atoms in total. The van der Waals surface area contributed by atoms with Crippen LogP contribution in [0.25, 0.3) is 0 Å². The van der Waals surface area contributed by atoms with Crippen molar-refractivity contribution >= 4 is 44.9 Å². The fourth-order valence-electron chi connectivity index (χ4n) is 1.74. The lowest BCUT2D eigenvalue weighted by atomic mass is 10.1. The van der Waals surface area contributed by atoms with Gasteiger partial charge in [0.25, 0.3) is 11.7 Å². The van der Waals surface area contributed by atoms with Gasteiger partial charge >= 0.3 is 0 Å². The number of carbonyl (C=O) groups excluding carboxylic acids is 2. The lowest BCUT2D eigenvalue weighted by Crippen LogP contribution is -2.37. The summed E-state index contributed by atoms with van der Waals surface area (Å²) in [4.78, 5) is 24.8. The van der Waals surface area contributed by atoms with Crippen LogP contribution in [0.2, 0.25) is 0 Å². The number of aliphatic hydroxyl groups excluding tert-OH is 1. The summed E-state index contributed by atoms with van der Waals surface area (Å²) in [7, 11) is 0. The van der Waals surface area contributed by atoms with Gasteiger partial charge in [-0.25, -0.2) is 0 Å². The Labute approximate surface area is 111 Å². The summed E-state index contributed by atoms with van der Waals surface area (Å²) >= 11 is 8.73. The summed E-state index contributed by atoms with van der Waals surface area (Å²) in [6, 6.07) is 5.10. The monoisotopic (exact) mass is 317 g/mol. The number of anilines is 1. The number of β-amino-alcohol motifs (C(OH)–C–C–N with tert-alkyl or cyclic N) is 1. The Morgan fingerprint density at radius 1 is 1.41 bits per heavy atom. The predicted molar refractivity (Wildman–Crippen MR) is 67.6 cm³/mol. The van der Waals surface area contributed by atoms with E-state index in [1.165, 1.54) is 4.90 Å². The van der Waals surface area contributed by atoms with Gasteiger partial charge in [-0.2, -0.15) is 0 Å². The Morgan fingerprint density at radius 2 is 2.12 bits per heavy atom. The van der Waals surface area contributed by atoms with Gasteiger partial charge in [0.15, 0.2) is 0 Å². The van der Waals surface area contributed by atoms with Crippen LogP contribution >= 0.6 is 27.5 Å². The van der Waals surface area contributed by atoms with Crippen molar-refractivity contribution in [2.45, 2.75) is 6.10 Å². The molecule has 0 fully saturated rings. The lowest BCUT2D eigenvalue weighted by Gasteiger charge is -2.18. The normalized spacial score (nSPS) is 16.3. The molecule has 2 rings (SSSR count). The van der Waals surface area contributed by atoms with E-state index in [1.54, 1.807) is 18.2 Å². The average molecular weight is 319 g/mol. The zero-order valence-electron chi connectivity index (χ0n) is 8.69. The quantitative estimate of drug-likeness (QED) is 0.680. The second kappa shape index (κ2) is 4.76. The van der Waals surface area contributed by atoms with E-state index in [2.05, 4.69) is 15.9 Å². The first-order valence-electron chi connectivity index (χ1n) is 4.95. The van der Waals surface area contributed by atoms with Gasteiger partial charge in [0, 0.05) is 4.47 Å². The van der Waals surface area contributed by atoms with Gasteiger partial charge in [0.2, 0.25) is 0 Å². The highest BCUT2D eigenvalue weighted by Crippen LogP contribution is 2.34. The predicted octanol–water partition coefficient (Wildman–Crippen LogP) is 1.58. The molecule has 0 saturated heterocycles. The maximum Gasteiger partial charge on any atom is 0.299 e. The van der Waals surface area contributed by atoms with Crippen molar-refractivity contribution in [3.63, 3.8) is 0 Å². The summed E-state index contributed by atoms with van der Waals surface area (Å²) < 4.78 is 0.580. The molecule has 1 unspecified atom stereocenters. The number of halogens is 2. The third-order valence-electron chi connectivity index (χ3n) is 2.52. The summed E-state index contributed by atoms with van der Waals surface area (Å²) in [6.07, 6.45) is -0.849. The Kier molecular flexibility index (Phi) is 3.51. The van der Waals surface area contributed by atoms with Crippen molar-refractivity contribution in [3.8, 4) is 0 Å². The molecule has 0 aliphatic carbocycles. The number of aliphatic hydroxyl groups is 1. The van der Waals surface area contributed by atoms with Crippen LogP contribution in [0.1, 0.15) is 10.4 Å². The smallest absolute Gasteiger partial charge is 0.299 e. The van der Waals surface area contributed by atoms with Crippen LogP contribution in [0.15, 0.2) is 22.7 Å². The van der Waals surface area contributed by atoms with Gasteiger partial charge in [-0.1, -0.05) is 6.07 Å². The van der Waals surface area contributed by atoms with E-state index in [0.29, 0.717) is 15.7 Å². The molecular formula is C11H9BrClNO3. The number of alkyl halides is 1. The molecule has 0 radical (unpaired) electrons. The number of carbonyl (C=O) groups is 2. The molecular weight excluding hydrogens is 309 g/mol. The minimum Gasteiger partial charge on any atom is -0.390 e. The first-order valence-corrected chi connectivity index (χ1v) is 6.27. The Morgan fingerprint density at radius 3 is 2.76 bits per heavy atom. The number of benzene rings is 1. The molecule has 1 aliphatic rings. The molecule has 1 amide bonds. The number of ketones is 1. The number of Topliss-reactive ketones (excluding diaryl/α,β-unsaturated/α-hetero) is 1. The van der Waals surface area contributed by atoms with Gasteiger partial charge in [0.1, 0.15) is 0 Å². The number of amides is 1. The third kappa shape index (κ3) is 2.10. The molecule has 90 valence electrons. The number of nitrogens with zero attached hydrogens (tertiary/aromatic N) is 1. The fourth-order valence-corrected chi connectivity index (χ4v) is 2.38. The van der Waals surface area contributed by atoms with E-state index in [-0.39, 0.29) is 12.4 Å². The molecule has 1 aliphatic heterocycles. The molecule has 1 N–H and O–H groups in total. The first kappa shape index (κ1) is 12.5. The van der Waals surface area contributed by atoms with Crippen LogP contribution in [-0.2, 0) is 4.79 Å². The first-order chi connectivity index (χ1) is 8.06. The van der Waals surface area contributed by atoms with E-state index in [4.69, 9.17) is 11.6 Å². The van der Waals surface area contributed by atoms with Gasteiger partial charge < -0.3 is 10.0 Å². The zero-order chi connectivity index (χ0) is 12.6. The van der Waals surface area contributed by atoms with Crippen molar-refractivity contribution < 1.29 is 14.7 Å². The Hall–Kier alpha value is -0.910. The summed E-state index contributed by atoms with van der Waals surface area (Å²) in [5.74, 6) is -1.17. The number of hydrogen-bond acceptors (Lipinski definition) is 3.